The quantitative estimate of drug-likeness (QED) is 0.296. The van der Waals surface area contributed by atoms with Crippen LogP contribution in [0.2, 0.25) is 0 Å². The van der Waals surface area contributed by atoms with Crippen molar-refractivity contribution in [2.45, 2.75) is 36.5 Å². The molecule has 0 saturated carbocycles. The van der Waals surface area contributed by atoms with Crippen LogP contribution in [0.1, 0.15) is 25.0 Å². The molecule has 0 aromatic heterocycles. The molecule has 2 rings (SSSR count). The molecular weight excluding hydrogens is 736 g/mol. The molecule has 25 heavy (non-hydrogen) atoms. The lowest BCUT2D eigenvalue weighted by atomic mass is 10.2. The maximum absolute atomic E-state index is 13.4. The van der Waals surface area contributed by atoms with Gasteiger partial charge in [-0.25, -0.2) is 8.42 Å². The molecule has 0 heterocycles. The van der Waals surface area contributed by atoms with Crippen LogP contribution in [0.25, 0.3) is 0 Å². The summed E-state index contributed by atoms with van der Waals surface area (Å²) in [6.07, 6.45) is 1.42. The van der Waals surface area contributed by atoms with Crippen LogP contribution in [-0.4, -0.2) is 8.42 Å². The summed E-state index contributed by atoms with van der Waals surface area (Å²) < 4.78 is 30.9. The number of hydrogen-bond acceptors (Lipinski definition) is 2. The van der Waals surface area contributed by atoms with Crippen LogP contribution in [0.3, 0.4) is 0 Å². The van der Waals surface area contributed by atoms with Gasteiger partial charge in [0.2, 0.25) is 9.84 Å². The molecule has 0 aliphatic heterocycles. The van der Waals surface area contributed by atoms with Crippen molar-refractivity contribution in [1.29, 1.82) is 0 Å². The molecule has 2 aromatic carbocycles. The minimum absolute atomic E-state index is 0.233. The summed E-state index contributed by atoms with van der Waals surface area (Å²) in [4.78, 5) is 0.466. The molecule has 0 N–H and O–H groups in total. The van der Waals surface area contributed by atoms with Gasteiger partial charge in [0.15, 0.2) is 0 Å². The van der Waals surface area contributed by atoms with E-state index in [2.05, 4.69) is 95.6 Å². The number of rotatable bonds is 4. The van der Waals surface area contributed by atoms with Crippen LogP contribution in [0, 0.1) is 0 Å². The van der Waals surface area contributed by atoms with E-state index in [1.807, 2.05) is 13.8 Å². The standard InChI is InChI=1S/C16H12Br6O2S/c1-3-7-5-9(13(19)15(21)11(7)17)25(23,24)10-6-8(4-2)12(18)16(22)14(10)20/h5-6H,3-4H2,1-2H3. The zero-order valence-electron chi connectivity index (χ0n) is 13.1. The molecule has 0 aliphatic carbocycles. The maximum Gasteiger partial charge on any atom is 0.208 e. The predicted molar refractivity (Wildman–Crippen MR) is 123 cm³/mol. The molecule has 9 heteroatoms. The normalized spacial score (nSPS) is 11.8. The Hall–Kier alpha value is 1.27. The lowest BCUT2D eigenvalue weighted by Crippen LogP contribution is -2.07. The van der Waals surface area contributed by atoms with E-state index >= 15 is 0 Å². The Balaban J connectivity index is 2.86. The van der Waals surface area contributed by atoms with Crippen molar-refractivity contribution in [3.05, 3.63) is 50.1 Å². The Kier molecular flexibility index (Phi) is 7.89. The molecule has 0 unspecified atom stereocenters. The predicted octanol–water partition coefficient (Wildman–Crippen LogP) is 8.22. The van der Waals surface area contributed by atoms with Gasteiger partial charge in [-0.3, -0.25) is 0 Å². The summed E-state index contributed by atoms with van der Waals surface area (Å²) in [6, 6.07) is 3.42. The van der Waals surface area contributed by atoms with Gasteiger partial charge in [-0.1, -0.05) is 13.8 Å². The van der Waals surface area contributed by atoms with E-state index in [1.165, 1.54) is 0 Å². The Morgan fingerprint density at radius 2 is 0.960 bits per heavy atom. The number of sulfone groups is 1. The monoisotopic (exact) mass is 742 g/mol. The molecular formula is C16H12Br6O2S. The highest BCUT2D eigenvalue weighted by Crippen LogP contribution is 2.44. The third-order valence-electron chi connectivity index (χ3n) is 3.72. The SMILES string of the molecule is CCc1cc(S(=O)(=O)c2cc(CC)c(Br)c(Br)c2Br)c(Br)c(Br)c1Br. The average Bonchev–Trinajstić information content (AvgIpc) is 2.57. The van der Waals surface area contributed by atoms with E-state index in [0.717, 1.165) is 20.1 Å². The van der Waals surface area contributed by atoms with Gasteiger partial charge in [0.05, 0.1) is 18.7 Å². The molecule has 2 nitrogen and oxygen atoms in total. The van der Waals surface area contributed by atoms with E-state index < -0.39 is 9.84 Å². The Morgan fingerprint density at radius 3 is 1.24 bits per heavy atom. The van der Waals surface area contributed by atoms with Crippen molar-refractivity contribution < 1.29 is 8.42 Å². The van der Waals surface area contributed by atoms with Gasteiger partial charge in [-0.2, -0.15) is 0 Å². The second-order valence-corrected chi connectivity index (χ2v) is 11.8. The maximum atomic E-state index is 13.4. The van der Waals surface area contributed by atoms with Gasteiger partial charge >= 0.3 is 0 Å². The fourth-order valence-electron chi connectivity index (χ4n) is 2.28. The molecule has 2 aromatic rings. The number of halogens is 6. The summed E-state index contributed by atoms with van der Waals surface area (Å²) in [6.45, 7) is 3.97. The van der Waals surface area contributed by atoms with Crippen LogP contribution in [-0.2, 0) is 22.7 Å². The lowest BCUT2D eigenvalue weighted by molar-refractivity contribution is 0.594. The van der Waals surface area contributed by atoms with Crippen LogP contribution < -0.4 is 0 Å². The van der Waals surface area contributed by atoms with Crippen molar-refractivity contribution in [2.24, 2.45) is 0 Å². The van der Waals surface area contributed by atoms with Gasteiger partial charge in [-0.05, 0) is 132 Å². The second kappa shape index (κ2) is 8.74. The van der Waals surface area contributed by atoms with E-state index in [1.54, 1.807) is 12.1 Å². The fraction of sp³-hybridized carbons (Fsp3) is 0.250. The highest BCUT2D eigenvalue weighted by Gasteiger charge is 2.28. The molecule has 0 fully saturated rings. The summed E-state index contributed by atoms with van der Waals surface area (Å²) >= 11 is 20.8. The summed E-state index contributed by atoms with van der Waals surface area (Å²) in [5.41, 5.74) is 1.83. The van der Waals surface area contributed by atoms with Crippen LogP contribution in [0.15, 0.2) is 48.8 Å². The summed E-state index contributed by atoms with van der Waals surface area (Å²) in [5, 5.41) is 0. The molecule has 0 bridgehead atoms. The highest BCUT2D eigenvalue weighted by atomic mass is 79.9. The van der Waals surface area contributed by atoms with E-state index in [-0.39, 0.29) is 9.79 Å². The molecule has 0 amide bonds. The van der Waals surface area contributed by atoms with Gasteiger partial charge in [-0.15, -0.1) is 0 Å². The smallest absolute Gasteiger partial charge is 0.208 e. The first kappa shape index (κ1) is 22.6. The third kappa shape index (κ3) is 4.17. The largest absolute Gasteiger partial charge is 0.218 e. The van der Waals surface area contributed by atoms with E-state index in [4.69, 9.17) is 0 Å². The van der Waals surface area contributed by atoms with E-state index in [9.17, 15) is 8.42 Å². The van der Waals surface area contributed by atoms with Crippen molar-refractivity contribution in [3.63, 3.8) is 0 Å². The van der Waals surface area contributed by atoms with Gasteiger partial charge in [0.1, 0.15) is 0 Å². The van der Waals surface area contributed by atoms with Gasteiger partial charge in [0, 0.05) is 17.9 Å². The molecule has 0 aliphatic rings. The molecule has 0 radical (unpaired) electrons. The van der Waals surface area contributed by atoms with Gasteiger partial charge < -0.3 is 0 Å². The number of aryl methyl sites for hydroxylation is 2. The highest BCUT2D eigenvalue weighted by molar-refractivity contribution is 9.15. The first-order valence-corrected chi connectivity index (χ1v) is 13.4. The minimum atomic E-state index is -3.74. The molecule has 0 spiro atoms. The Bertz CT molecular complexity index is 883. The van der Waals surface area contributed by atoms with Crippen molar-refractivity contribution in [1.82, 2.24) is 0 Å². The Labute approximate surface area is 198 Å². The summed E-state index contributed by atoms with van der Waals surface area (Å²) in [5.74, 6) is 0. The summed E-state index contributed by atoms with van der Waals surface area (Å²) in [7, 11) is -3.74. The van der Waals surface area contributed by atoms with E-state index in [0.29, 0.717) is 30.7 Å². The van der Waals surface area contributed by atoms with Gasteiger partial charge in [0.25, 0.3) is 0 Å². The Morgan fingerprint density at radius 1 is 0.640 bits per heavy atom. The van der Waals surface area contributed by atoms with Crippen molar-refractivity contribution in [3.8, 4) is 0 Å². The minimum Gasteiger partial charge on any atom is -0.218 e. The topological polar surface area (TPSA) is 34.1 Å². The second-order valence-electron chi connectivity index (χ2n) is 5.16. The number of benzene rings is 2. The fourth-order valence-corrected chi connectivity index (χ4v) is 8.61. The van der Waals surface area contributed by atoms with Crippen LogP contribution >= 0.6 is 95.6 Å². The third-order valence-corrected chi connectivity index (χ3v) is 13.2. The van der Waals surface area contributed by atoms with Crippen molar-refractivity contribution >= 4 is 105 Å². The van der Waals surface area contributed by atoms with Crippen LogP contribution in [0.5, 0.6) is 0 Å². The molecule has 0 atom stereocenters. The van der Waals surface area contributed by atoms with Crippen molar-refractivity contribution in [2.75, 3.05) is 0 Å². The first-order chi connectivity index (χ1) is 11.6. The molecule has 0 saturated heterocycles. The number of hydrogen-bond donors (Lipinski definition) is 0. The zero-order chi connectivity index (χ0) is 19.1. The molecule has 136 valence electrons. The average molecular weight is 748 g/mol. The zero-order valence-corrected chi connectivity index (χ0v) is 23.4. The van der Waals surface area contributed by atoms with Crippen LogP contribution in [0.4, 0.5) is 0 Å². The first-order valence-electron chi connectivity index (χ1n) is 7.15. The lowest BCUT2D eigenvalue weighted by Gasteiger charge is -2.16.